The largest absolute Gasteiger partial charge is 0.501 e. The molecule has 1 aromatic heterocycles. The highest BCUT2D eigenvalue weighted by molar-refractivity contribution is 9.10. The summed E-state index contributed by atoms with van der Waals surface area (Å²) in [5, 5.41) is 10.1. The summed E-state index contributed by atoms with van der Waals surface area (Å²) in [7, 11) is -5.83. The first-order valence-corrected chi connectivity index (χ1v) is 15.4. The lowest BCUT2D eigenvalue weighted by Gasteiger charge is -2.35. The number of nitrogens with one attached hydrogen (secondary N) is 1. The first-order valence-electron chi connectivity index (χ1n) is 13.1. The van der Waals surface area contributed by atoms with Crippen LogP contribution in [-0.4, -0.2) is 37.0 Å². The molecule has 13 heteroatoms. The Labute approximate surface area is 244 Å². The van der Waals surface area contributed by atoms with Gasteiger partial charge in [-0.1, -0.05) is 13.3 Å². The SMILES string of the molecule is CCCC1CC(=O)C2=C(C1)N=C(C)C(C#N)C2c1cc(Br)c(OC(c2ccc[nH]2)S(=O)(=O)C(F)(F)F)c(OCC)c1. The third kappa shape index (κ3) is 5.95. The maximum absolute atomic E-state index is 13.6. The van der Waals surface area contributed by atoms with Gasteiger partial charge in [0.2, 0.25) is 5.44 Å². The van der Waals surface area contributed by atoms with E-state index in [1.54, 1.807) is 13.8 Å². The number of aromatic nitrogens is 1. The number of allylic oxidation sites excluding steroid dienone is 2. The fraction of sp³-hybridized carbons (Fsp3) is 0.464. The van der Waals surface area contributed by atoms with Crippen molar-refractivity contribution in [2.24, 2.45) is 16.8 Å². The number of H-pyrrole nitrogens is 1. The third-order valence-electron chi connectivity index (χ3n) is 7.21. The van der Waals surface area contributed by atoms with Crippen molar-refractivity contribution in [2.45, 2.75) is 63.3 Å². The highest BCUT2D eigenvalue weighted by Crippen LogP contribution is 2.49. The van der Waals surface area contributed by atoms with Gasteiger partial charge >= 0.3 is 5.51 Å². The highest BCUT2D eigenvalue weighted by Gasteiger charge is 2.53. The lowest BCUT2D eigenvalue weighted by Crippen LogP contribution is -2.33. The summed E-state index contributed by atoms with van der Waals surface area (Å²) in [6, 6.07) is 7.78. The van der Waals surface area contributed by atoms with Crippen molar-refractivity contribution < 1.29 is 35.9 Å². The van der Waals surface area contributed by atoms with Crippen LogP contribution in [0, 0.1) is 23.2 Å². The third-order valence-corrected chi connectivity index (χ3v) is 9.35. The molecule has 2 heterocycles. The lowest BCUT2D eigenvalue weighted by atomic mass is 9.70. The van der Waals surface area contributed by atoms with Gasteiger partial charge in [0.25, 0.3) is 9.84 Å². The number of nitriles is 1. The van der Waals surface area contributed by atoms with Gasteiger partial charge < -0.3 is 14.5 Å². The molecule has 41 heavy (non-hydrogen) atoms. The van der Waals surface area contributed by atoms with E-state index in [0.29, 0.717) is 35.4 Å². The van der Waals surface area contributed by atoms with Crippen molar-refractivity contribution in [1.29, 1.82) is 5.26 Å². The van der Waals surface area contributed by atoms with E-state index in [2.05, 4.69) is 38.9 Å². The van der Waals surface area contributed by atoms with E-state index in [1.807, 2.05) is 0 Å². The van der Waals surface area contributed by atoms with Crippen LogP contribution in [0.1, 0.15) is 69.1 Å². The molecule has 4 rings (SSSR count). The molecule has 4 unspecified atom stereocenters. The number of benzene rings is 1. The predicted octanol–water partition coefficient (Wildman–Crippen LogP) is 6.92. The van der Waals surface area contributed by atoms with Gasteiger partial charge in [-0.05, 0) is 78.4 Å². The highest BCUT2D eigenvalue weighted by atomic mass is 79.9. The van der Waals surface area contributed by atoms with Crippen molar-refractivity contribution in [3.05, 3.63) is 57.5 Å². The molecule has 4 atom stereocenters. The summed E-state index contributed by atoms with van der Waals surface area (Å²) < 4.78 is 77.3. The fourth-order valence-corrected chi connectivity index (χ4v) is 6.93. The van der Waals surface area contributed by atoms with E-state index in [9.17, 15) is 31.6 Å². The van der Waals surface area contributed by atoms with Gasteiger partial charge in [-0.15, -0.1) is 0 Å². The minimum atomic E-state index is -5.83. The zero-order chi connectivity index (χ0) is 30.1. The zero-order valence-electron chi connectivity index (χ0n) is 22.6. The van der Waals surface area contributed by atoms with Crippen molar-refractivity contribution in [3.8, 4) is 17.6 Å². The van der Waals surface area contributed by atoms with Gasteiger partial charge in [0.1, 0.15) is 0 Å². The number of hydrogen-bond donors (Lipinski definition) is 1. The monoisotopic (exact) mass is 655 g/mol. The van der Waals surface area contributed by atoms with Crippen LogP contribution >= 0.6 is 15.9 Å². The number of halogens is 4. The standard InChI is InChI=1S/C28H29BrF3N3O5S/c1-4-7-16-10-21-25(22(36)11-16)24(18(14-33)15(3)35-21)17-12-19(29)26(23(13-17)39-5-2)40-27(20-8-6-9-34-20)41(37,38)28(30,31)32/h6,8-9,12-13,16,18,24,27,34H,4-5,7,10-11H2,1-3H3. The Bertz CT molecular complexity index is 1530. The number of sulfone groups is 1. The van der Waals surface area contributed by atoms with Crippen LogP contribution in [0.2, 0.25) is 0 Å². The van der Waals surface area contributed by atoms with Crippen LogP contribution in [0.3, 0.4) is 0 Å². The summed E-state index contributed by atoms with van der Waals surface area (Å²) in [6.07, 6.45) is 4.02. The molecular weight excluding hydrogens is 627 g/mol. The van der Waals surface area contributed by atoms with E-state index < -0.39 is 32.6 Å². The Kier molecular flexibility index (Phi) is 9.04. The van der Waals surface area contributed by atoms with Crippen LogP contribution < -0.4 is 9.47 Å². The predicted molar refractivity (Wildman–Crippen MR) is 149 cm³/mol. The van der Waals surface area contributed by atoms with Crippen molar-refractivity contribution in [1.82, 2.24) is 4.98 Å². The van der Waals surface area contributed by atoms with E-state index in [0.717, 1.165) is 12.8 Å². The molecule has 0 saturated carbocycles. The second-order valence-electron chi connectivity index (χ2n) is 10.0. The minimum absolute atomic E-state index is 0.0445. The molecule has 0 bridgehead atoms. The van der Waals surface area contributed by atoms with Crippen LogP contribution in [0.25, 0.3) is 0 Å². The molecule has 2 aliphatic rings. The molecule has 220 valence electrons. The summed E-state index contributed by atoms with van der Waals surface area (Å²) in [4.78, 5) is 20.6. The number of hydrogen-bond acceptors (Lipinski definition) is 7. The van der Waals surface area contributed by atoms with E-state index >= 15 is 0 Å². The molecule has 8 nitrogen and oxygen atoms in total. The van der Waals surface area contributed by atoms with Gasteiger partial charge in [0.15, 0.2) is 17.3 Å². The molecule has 0 spiro atoms. The average molecular weight is 657 g/mol. The molecular formula is C28H29BrF3N3O5S. The number of ketones is 1. The van der Waals surface area contributed by atoms with E-state index in [-0.39, 0.29) is 40.0 Å². The Morgan fingerprint density at radius 3 is 2.59 bits per heavy atom. The molecule has 1 aliphatic heterocycles. The van der Waals surface area contributed by atoms with Crippen molar-refractivity contribution in [2.75, 3.05) is 6.61 Å². The normalized spacial score (nSPS) is 22.0. The molecule has 0 radical (unpaired) electrons. The Balaban J connectivity index is 1.84. The summed E-state index contributed by atoms with van der Waals surface area (Å²) in [5.74, 6) is -1.73. The van der Waals surface area contributed by atoms with Gasteiger partial charge in [0.05, 0.1) is 28.8 Å². The Morgan fingerprint density at radius 2 is 2.00 bits per heavy atom. The number of alkyl halides is 3. The van der Waals surface area contributed by atoms with Crippen LogP contribution in [0.4, 0.5) is 13.2 Å². The second-order valence-corrected chi connectivity index (χ2v) is 12.8. The van der Waals surface area contributed by atoms with Crippen LogP contribution in [0.5, 0.6) is 11.5 Å². The Hall–Kier alpha value is -3.11. The molecule has 1 aliphatic carbocycles. The van der Waals surface area contributed by atoms with Crippen molar-refractivity contribution >= 4 is 37.3 Å². The van der Waals surface area contributed by atoms with Gasteiger partial charge in [-0.3, -0.25) is 9.79 Å². The topological polar surface area (TPSA) is 122 Å². The number of nitrogens with zero attached hydrogens (tertiary/aromatic N) is 2. The number of carbonyl (C=O) groups excluding carboxylic acids is 1. The molecule has 0 amide bonds. The van der Waals surface area contributed by atoms with Crippen molar-refractivity contribution in [3.63, 3.8) is 0 Å². The van der Waals surface area contributed by atoms with Gasteiger partial charge in [-0.25, -0.2) is 8.42 Å². The second kappa shape index (κ2) is 12.0. The fourth-order valence-electron chi connectivity index (χ4n) is 5.44. The summed E-state index contributed by atoms with van der Waals surface area (Å²) in [5.41, 5.74) is -6.24. The number of Topliss-reactive ketones (excluding diaryl/α,β-unsaturated/α-hetero) is 1. The first-order chi connectivity index (χ1) is 19.3. The van der Waals surface area contributed by atoms with E-state index in [4.69, 9.17) is 9.47 Å². The zero-order valence-corrected chi connectivity index (χ0v) is 25.0. The maximum atomic E-state index is 13.6. The number of aromatic amines is 1. The Morgan fingerprint density at radius 1 is 1.27 bits per heavy atom. The number of ether oxygens (including phenoxy) is 2. The van der Waals surface area contributed by atoms with Gasteiger partial charge in [0, 0.05) is 35.5 Å². The summed E-state index contributed by atoms with van der Waals surface area (Å²) >= 11 is 3.33. The molecule has 0 fully saturated rings. The average Bonchev–Trinajstić information content (AvgIpc) is 3.41. The van der Waals surface area contributed by atoms with Crippen LogP contribution in [0.15, 0.2) is 51.2 Å². The summed E-state index contributed by atoms with van der Waals surface area (Å²) in [6.45, 7) is 5.50. The smallest absolute Gasteiger partial charge is 0.490 e. The minimum Gasteiger partial charge on any atom is -0.490 e. The van der Waals surface area contributed by atoms with Crippen LogP contribution in [-0.2, 0) is 14.6 Å². The van der Waals surface area contributed by atoms with Gasteiger partial charge in [-0.2, -0.15) is 18.4 Å². The van der Waals surface area contributed by atoms with E-state index in [1.165, 1.54) is 30.5 Å². The first kappa shape index (κ1) is 30.8. The molecule has 0 saturated heterocycles. The molecule has 2 aromatic rings. The number of carbonyl (C=O) groups is 1. The maximum Gasteiger partial charge on any atom is 0.501 e. The lowest BCUT2D eigenvalue weighted by molar-refractivity contribution is -0.117. The number of rotatable bonds is 9. The molecule has 1 aromatic carbocycles. The number of aliphatic imine (C=N–C) groups is 1. The quantitative estimate of drug-likeness (QED) is 0.313. The molecule has 1 N–H and O–H groups in total.